The number of aromatic nitrogens is 1. The summed E-state index contributed by atoms with van der Waals surface area (Å²) in [5.74, 6) is 0.548. The van der Waals surface area contributed by atoms with Crippen molar-refractivity contribution in [2.45, 2.75) is 24.5 Å². The number of hydrogen-bond acceptors (Lipinski definition) is 5. The normalized spacial score (nSPS) is 11.6. The monoisotopic (exact) mass is 332 g/mol. The van der Waals surface area contributed by atoms with Crippen LogP contribution in [0.5, 0.6) is 0 Å². The van der Waals surface area contributed by atoms with Gasteiger partial charge in [0.1, 0.15) is 5.76 Å². The highest BCUT2D eigenvalue weighted by Crippen LogP contribution is 2.32. The van der Waals surface area contributed by atoms with Gasteiger partial charge in [-0.3, -0.25) is 0 Å². The van der Waals surface area contributed by atoms with E-state index in [1.807, 2.05) is 52.2 Å². The average Bonchev–Trinajstić information content (AvgIpc) is 2.81. The SMILES string of the molecule is Cc1noc(C)c1CSc1ccccc1C(=CN(C)C)C(=O)O. The number of carbonyl (C=O) groups is 1. The molecule has 0 saturated heterocycles. The fraction of sp³-hybridized carbons (Fsp3) is 0.294. The van der Waals surface area contributed by atoms with Crippen LogP contribution in [0.3, 0.4) is 0 Å². The van der Waals surface area contributed by atoms with Crippen LogP contribution >= 0.6 is 11.8 Å². The van der Waals surface area contributed by atoms with Crippen molar-refractivity contribution in [2.75, 3.05) is 14.1 Å². The lowest BCUT2D eigenvalue weighted by atomic mass is 10.1. The van der Waals surface area contributed by atoms with E-state index in [1.54, 1.807) is 22.9 Å². The van der Waals surface area contributed by atoms with E-state index in [4.69, 9.17) is 4.52 Å². The first-order valence-corrected chi connectivity index (χ1v) is 8.14. The van der Waals surface area contributed by atoms with Crippen molar-refractivity contribution in [2.24, 2.45) is 0 Å². The minimum absolute atomic E-state index is 0.275. The summed E-state index contributed by atoms with van der Waals surface area (Å²) < 4.78 is 5.18. The molecule has 0 saturated carbocycles. The summed E-state index contributed by atoms with van der Waals surface area (Å²) in [4.78, 5) is 14.3. The van der Waals surface area contributed by atoms with Crippen LogP contribution in [0.2, 0.25) is 0 Å². The van der Waals surface area contributed by atoms with E-state index in [2.05, 4.69) is 5.16 Å². The molecule has 0 aliphatic carbocycles. The largest absolute Gasteiger partial charge is 0.478 e. The molecule has 0 atom stereocenters. The van der Waals surface area contributed by atoms with Gasteiger partial charge in [0.25, 0.3) is 0 Å². The zero-order chi connectivity index (χ0) is 17.0. The van der Waals surface area contributed by atoms with E-state index >= 15 is 0 Å². The van der Waals surface area contributed by atoms with Crippen molar-refractivity contribution < 1.29 is 14.4 Å². The number of hydrogen-bond donors (Lipinski definition) is 1. The van der Waals surface area contributed by atoms with Gasteiger partial charge in [0.05, 0.1) is 11.3 Å². The molecule has 2 rings (SSSR count). The second kappa shape index (κ2) is 7.37. The maximum Gasteiger partial charge on any atom is 0.337 e. The van der Waals surface area contributed by atoms with Gasteiger partial charge in [0.2, 0.25) is 0 Å². The number of benzene rings is 1. The molecular formula is C17H20N2O3S. The van der Waals surface area contributed by atoms with Crippen molar-refractivity contribution in [3.8, 4) is 0 Å². The smallest absolute Gasteiger partial charge is 0.337 e. The molecule has 5 nitrogen and oxygen atoms in total. The molecule has 1 aromatic carbocycles. The highest BCUT2D eigenvalue weighted by Gasteiger charge is 2.16. The van der Waals surface area contributed by atoms with E-state index < -0.39 is 5.97 Å². The maximum absolute atomic E-state index is 11.6. The van der Waals surface area contributed by atoms with Gasteiger partial charge in [-0.05, 0) is 19.9 Å². The summed E-state index contributed by atoms with van der Waals surface area (Å²) in [5.41, 5.74) is 2.91. The van der Waals surface area contributed by atoms with E-state index in [0.29, 0.717) is 11.3 Å². The number of aryl methyl sites for hydroxylation is 2. The van der Waals surface area contributed by atoms with Crippen LogP contribution < -0.4 is 0 Å². The minimum Gasteiger partial charge on any atom is -0.478 e. The van der Waals surface area contributed by atoms with Crippen LogP contribution in [0, 0.1) is 13.8 Å². The van der Waals surface area contributed by atoms with E-state index in [0.717, 1.165) is 21.9 Å². The number of carboxylic acid groups (broad SMARTS) is 1. The van der Waals surface area contributed by atoms with Gasteiger partial charge in [-0.2, -0.15) is 0 Å². The molecule has 0 unspecified atom stereocenters. The molecule has 0 amide bonds. The van der Waals surface area contributed by atoms with Gasteiger partial charge in [0, 0.05) is 42.1 Å². The molecule has 1 N–H and O–H groups in total. The molecule has 122 valence electrons. The molecule has 1 aromatic heterocycles. The molecule has 0 bridgehead atoms. The van der Waals surface area contributed by atoms with Crippen molar-refractivity contribution >= 4 is 23.3 Å². The molecular weight excluding hydrogens is 312 g/mol. The van der Waals surface area contributed by atoms with Crippen molar-refractivity contribution in [1.29, 1.82) is 0 Å². The van der Waals surface area contributed by atoms with Crippen LogP contribution in [0.25, 0.3) is 5.57 Å². The number of nitrogens with zero attached hydrogens (tertiary/aromatic N) is 2. The quantitative estimate of drug-likeness (QED) is 0.644. The topological polar surface area (TPSA) is 66.6 Å². The van der Waals surface area contributed by atoms with Gasteiger partial charge in [-0.15, -0.1) is 11.8 Å². The molecule has 2 aromatic rings. The summed E-state index contributed by atoms with van der Waals surface area (Å²) >= 11 is 1.58. The first kappa shape index (κ1) is 17.1. The highest BCUT2D eigenvalue weighted by molar-refractivity contribution is 7.98. The first-order chi connectivity index (χ1) is 10.9. The van der Waals surface area contributed by atoms with Crippen molar-refractivity contribution in [1.82, 2.24) is 10.1 Å². The molecule has 23 heavy (non-hydrogen) atoms. The van der Waals surface area contributed by atoms with Gasteiger partial charge in [0.15, 0.2) is 0 Å². The Bertz CT molecular complexity index is 716. The Morgan fingerprint density at radius 2 is 2.04 bits per heavy atom. The molecule has 1 heterocycles. The minimum atomic E-state index is -0.941. The first-order valence-electron chi connectivity index (χ1n) is 7.15. The Labute approximate surface area is 140 Å². The summed E-state index contributed by atoms with van der Waals surface area (Å²) in [6, 6.07) is 7.53. The zero-order valence-corrected chi connectivity index (χ0v) is 14.5. The van der Waals surface area contributed by atoms with Gasteiger partial charge < -0.3 is 14.5 Å². The summed E-state index contributed by atoms with van der Waals surface area (Å²) in [6.07, 6.45) is 1.62. The van der Waals surface area contributed by atoms with E-state index in [1.165, 1.54) is 0 Å². The van der Waals surface area contributed by atoms with Crippen LogP contribution in [0.15, 0.2) is 39.9 Å². The summed E-state index contributed by atoms with van der Waals surface area (Å²) in [7, 11) is 3.62. The van der Waals surface area contributed by atoms with E-state index in [9.17, 15) is 9.90 Å². The molecule has 0 aliphatic heterocycles. The number of aliphatic carboxylic acids is 1. The molecule has 0 fully saturated rings. The van der Waals surface area contributed by atoms with Crippen molar-refractivity contribution in [3.63, 3.8) is 0 Å². The average molecular weight is 332 g/mol. The standard InChI is InChI=1S/C17H20N2O3S/c1-11-15(12(2)22-18-11)10-23-16-8-6-5-7-13(16)14(17(20)21)9-19(3)4/h5-9H,10H2,1-4H3,(H,20,21). The van der Waals surface area contributed by atoms with E-state index in [-0.39, 0.29) is 5.57 Å². The second-order valence-electron chi connectivity index (χ2n) is 5.40. The molecule has 6 heteroatoms. The van der Waals surface area contributed by atoms with Gasteiger partial charge >= 0.3 is 5.97 Å². The predicted molar refractivity (Wildman–Crippen MR) is 91.3 cm³/mol. The molecule has 0 radical (unpaired) electrons. The Morgan fingerprint density at radius 3 is 2.61 bits per heavy atom. The lowest BCUT2D eigenvalue weighted by Gasteiger charge is -2.12. The third kappa shape index (κ3) is 4.16. The zero-order valence-electron chi connectivity index (χ0n) is 13.7. The number of rotatable bonds is 6. The van der Waals surface area contributed by atoms with Crippen LogP contribution in [0.1, 0.15) is 22.6 Å². The summed E-state index contributed by atoms with van der Waals surface area (Å²) in [6.45, 7) is 3.79. The fourth-order valence-electron chi connectivity index (χ4n) is 2.17. The Kier molecular flexibility index (Phi) is 5.50. The third-order valence-electron chi connectivity index (χ3n) is 3.35. The van der Waals surface area contributed by atoms with Crippen LogP contribution in [0.4, 0.5) is 0 Å². The number of carboxylic acids is 1. The van der Waals surface area contributed by atoms with Gasteiger partial charge in [-0.1, -0.05) is 23.4 Å². The molecule has 0 aliphatic rings. The number of thioether (sulfide) groups is 1. The van der Waals surface area contributed by atoms with Gasteiger partial charge in [-0.25, -0.2) is 4.79 Å². The lowest BCUT2D eigenvalue weighted by molar-refractivity contribution is -0.130. The second-order valence-corrected chi connectivity index (χ2v) is 6.42. The Morgan fingerprint density at radius 1 is 1.35 bits per heavy atom. The molecule has 0 spiro atoms. The Balaban J connectivity index is 2.32. The lowest BCUT2D eigenvalue weighted by Crippen LogP contribution is -2.08. The van der Waals surface area contributed by atoms with Crippen LogP contribution in [-0.2, 0) is 10.5 Å². The fourth-order valence-corrected chi connectivity index (χ4v) is 3.39. The van der Waals surface area contributed by atoms with Crippen LogP contribution in [-0.4, -0.2) is 35.2 Å². The Hall–Kier alpha value is -2.21. The maximum atomic E-state index is 11.6. The predicted octanol–water partition coefficient (Wildman–Crippen LogP) is 3.57. The highest BCUT2D eigenvalue weighted by atomic mass is 32.2. The summed E-state index contributed by atoms with van der Waals surface area (Å²) in [5, 5.41) is 13.5. The third-order valence-corrected chi connectivity index (χ3v) is 4.45. The van der Waals surface area contributed by atoms with Crippen molar-refractivity contribution in [3.05, 3.63) is 53.0 Å².